The molecule has 11 heteroatoms. The lowest BCUT2D eigenvalue weighted by Crippen LogP contribution is -1.95. The van der Waals surface area contributed by atoms with Gasteiger partial charge in [-0.1, -0.05) is 0 Å². The van der Waals surface area contributed by atoms with Crippen LogP contribution in [-0.4, -0.2) is 49.1 Å². The summed E-state index contributed by atoms with van der Waals surface area (Å²) >= 11 is 2.24. The molecule has 0 aliphatic rings. The van der Waals surface area contributed by atoms with E-state index < -0.39 is 0 Å². The van der Waals surface area contributed by atoms with Gasteiger partial charge in [-0.2, -0.15) is 10.2 Å². The van der Waals surface area contributed by atoms with Gasteiger partial charge < -0.3 is 4.40 Å². The summed E-state index contributed by atoms with van der Waals surface area (Å²) in [6.45, 7) is 3.79. The molecule has 0 aliphatic heterocycles. The fourth-order valence-electron chi connectivity index (χ4n) is 3.15. The zero-order valence-corrected chi connectivity index (χ0v) is 19.9. The van der Waals surface area contributed by atoms with Crippen molar-refractivity contribution in [2.45, 2.75) is 13.8 Å². The summed E-state index contributed by atoms with van der Waals surface area (Å²) in [7, 11) is 0. The number of nitrogens with zero attached hydrogens (tertiary/aromatic N) is 10. The van der Waals surface area contributed by atoms with Crippen molar-refractivity contribution in [1.82, 2.24) is 49.1 Å². The Kier molecular flexibility index (Phi) is 5.69. The molecule has 0 unspecified atom stereocenters. The van der Waals surface area contributed by atoms with Crippen molar-refractivity contribution >= 4 is 33.9 Å². The average molecular weight is 548 g/mol. The minimum atomic E-state index is 0.630. The largest absolute Gasteiger partial charge is 0.307 e. The van der Waals surface area contributed by atoms with E-state index in [1.54, 1.807) is 18.6 Å². The Balaban J connectivity index is 0.000000139. The number of aryl methyl sites for hydroxylation is 2. The highest BCUT2D eigenvalue weighted by Crippen LogP contribution is 2.18. The standard InChI is InChI=1S/C11H8IN5.C11H9N5/c1-7-5-14-16-11(15-7)8-2-3-17-9(12)6-13-10(17)4-8;1-8-7-13-15-11(14-8)9-2-4-16-5-3-12-10(16)6-9/h2-6H,1H3;2-7H,1H3. The van der Waals surface area contributed by atoms with Crippen LogP contribution in [-0.2, 0) is 0 Å². The molecule has 0 N–H and O–H groups in total. The molecule has 10 nitrogen and oxygen atoms in total. The van der Waals surface area contributed by atoms with E-state index in [9.17, 15) is 0 Å². The highest BCUT2D eigenvalue weighted by molar-refractivity contribution is 14.1. The molecule has 6 rings (SSSR count). The number of imidazole rings is 2. The van der Waals surface area contributed by atoms with E-state index in [0.29, 0.717) is 11.6 Å². The predicted molar refractivity (Wildman–Crippen MR) is 130 cm³/mol. The third-order valence-corrected chi connectivity index (χ3v) is 5.54. The lowest BCUT2D eigenvalue weighted by Gasteiger charge is -2.01. The van der Waals surface area contributed by atoms with E-state index in [-0.39, 0.29) is 0 Å². The van der Waals surface area contributed by atoms with Crippen LogP contribution in [0.3, 0.4) is 0 Å². The van der Waals surface area contributed by atoms with E-state index in [0.717, 1.165) is 37.5 Å². The summed E-state index contributed by atoms with van der Waals surface area (Å²) in [6.07, 6.45) is 12.7. The monoisotopic (exact) mass is 548 g/mol. The molecule has 6 aromatic rings. The number of fused-ring (bicyclic) bond motifs is 2. The molecular weight excluding hydrogens is 531 g/mol. The van der Waals surface area contributed by atoms with Gasteiger partial charge in [-0.15, -0.1) is 10.2 Å². The summed E-state index contributed by atoms with van der Waals surface area (Å²) in [6, 6.07) is 7.81. The lowest BCUT2D eigenvalue weighted by atomic mass is 10.2. The maximum atomic E-state index is 4.34. The van der Waals surface area contributed by atoms with Gasteiger partial charge in [0.05, 0.1) is 30.0 Å². The Morgan fingerprint density at radius 2 is 1.36 bits per heavy atom. The van der Waals surface area contributed by atoms with Gasteiger partial charge in [-0.05, 0) is 60.7 Å². The molecule has 6 heterocycles. The van der Waals surface area contributed by atoms with Gasteiger partial charge >= 0.3 is 0 Å². The van der Waals surface area contributed by atoms with Crippen LogP contribution in [0.25, 0.3) is 34.1 Å². The number of rotatable bonds is 2. The molecule has 0 spiro atoms. The third-order valence-electron chi connectivity index (χ3n) is 4.74. The van der Waals surface area contributed by atoms with E-state index >= 15 is 0 Å². The molecule has 0 bridgehead atoms. The second kappa shape index (κ2) is 8.94. The highest BCUT2D eigenvalue weighted by Gasteiger charge is 2.06. The van der Waals surface area contributed by atoms with E-state index in [2.05, 4.69) is 62.9 Å². The molecular formula is C22H17IN10. The van der Waals surface area contributed by atoms with Crippen molar-refractivity contribution in [1.29, 1.82) is 0 Å². The molecule has 0 amide bonds. The Morgan fingerprint density at radius 1 is 0.727 bits per heavy atom. The highest BCUT2D eigenvalue weighted by atomic mass is 127. The van der Waals surface area contributed by atoms with Crippen molar-refractivity contribution in [3.8, 4) is 22.8 Å². The Morgan fingerprint density at radius 3 is 2.03 bits per heavy atom. The van der Waals surface area contributed by atoms with Crippen LogP contribution in [0.2, 0.25) is 0 Å². The van der Waals surface area contributed by atoms with Crippen LogP contribution in [0.15, 0.2) is 67.6 Å². The molecule has 0 atom stereocenters. The normalized spacial score (nSPS) is 10.9. The van der Waals surface area contributed by atoms with Crippen LogP contribution in [0.1, 0.15) is 11.4 Å². The fraction of sp³-hybridized carbons (Fsp3) is 0.0909. The van der Waals surface area contributed by atoms with Crippen molar-refractivity contribution < 1.29 is 0 Å². The molecule has 0 saturated heterocycles. The molecule has 0 aliphatic carbocycles. The third kappa shape index (κ3) is 4.53. The molecule has 0 aromatic carbocycles. The smallest absolute Gasteiger partial charge is 0.182 e. The lowest BCUT2D eigenvalue weighted by molar-refractivity contribution is 0.949. The minimum absolute atomic E-state index is 0.630. The van der Waals surface area contributed by atoms with Gasteiger partial charge in [0.2, 0.25) is 0 Å². The van der Waals surface area contributed by atoms with Crippen LogP contribution in [0, 0.1) is 17.5 Å². The second-order valence-corrected chi connectivity index (χ2v) is 8.28. The summed E-state index contributed by atoms with van der Waals surface area (Å²) in [5.74, 6) is 1.26. The topological polar surface area (TPSA) is 112 Å². The van der Waals surface area contributed by atoms with Gasteiger partial charge in [0.15, 0.2) is 11.6 Å². The summed E-state index contributed by atoms with van der Waals surface area (Å²) in [5.41, 5.74) is 5.33. The second-order valence-electron chi connectivity index (χ2n) is 7.18. The first-order chi connectivity index (χ1) is 16.1. The molecule has 0 saturated carbocycles. The zero-order valence-electron chi connectivity index (χ0n) is 17.7. The zero-order chi connectivity index (χ0) is 22.8. The van der Waals surface area contributed by atoms with Crippen LogP contribution in [0.5, 0.6) is 0 Å². The number of pyridine rings is 2. The Labute approximate surface area is 202 Å². The van der Waals surface area contributed by atoms with Crippen molar-refractivity contribution in [3.05, 3.63) is 82.7 Å². The first-order valence-electron chi connectivity index (χ1n) is 9.95. The quantitative estimate of drug-likeness (QED) is 0.302. The maximum absolute atomic E-state index is 4.34. The first-order valence-corrected chi connectivity index (χ1v) is 11.0. The average Bonchev–Trinajstić information content (AvgIpc) is 3.45. The fourth-order valence-corrected chi connectivity index (χ4v) is 3.70. The predicted octanol–water partition coefficient (Wildman–Crippen LogP) is 3.59. The SMILES string of the molecule is Cc1cnnc(-c2ccn3c(I)cnc3c2)n1.Cc1cnnc(-c2ccn3ccnc3c2)n1. The summed E-state index contributed by atoms with van der Waals surface area (Å²) in [5, 5.41) is 15.8. The minimum Gasteiger partial charge on any atom is -0.307 e. The molecule has 6 aromatic heterocycles. The number of hydrogen-bond donors (Lipinski definition) is 0. The van der Waals surface area contributed by atoms with E-state index in [1.165, 1.54) is 0 Å². The summed E-state index contributed by atoms with van der Waals surface area (Å²) < 4.78 is 5.02. The molecule has 33 heavy (non-hydrogen) atoms. The van der Waals surface area contributed by atoms with E-state index in [1.807, 2.05) is 71.7 Å². The number of hydrogen-bond acceptors (Lipinski definition) is 8. The Hall–Kier alpha value is -3.87. The molecule has 0 fully saturated rings. The van der Waals surface area contributed by atoms with Crippen LogP contribution < -0.4 is 0 Å². The van der Waals surface area contributed by atoms with E-state index in [4.69, 9.17) is 0 Å². The van der Waals surface area contributed by atoms with Crippen molar-refractivity contribution in [2.24, 2.45) is 0 Å². The first kappa shape index (κ1) is 21.0. The summed E-state index contributed by atoms with van der Waals surface area (Å²) in [4.78, 5) is 17.2. The van der Waals surface area contributed by atoms with Crippen molar-refractivity contribution in [3.63, 3.8) is 0 Å². The van der Waals surface area contributed by atoms with Crippen LogP contribution in [0.4, 0.5) is 0 Å². The van der Waals surface area contributed by atoms with Gasteiger partial charge in [-0.25, -0.2) is 19.9 Å². The van der Waals surface area contributed by atoms with Gasteiger partial charge in [0, 0.05) is 35.9 Å². The van der Waals surface area contributed by atoms with Crippen molar-refractivity contribution in [2.75, 3.05) is 0 Å². The molecule has 162 valence electrons. The van der Waals surface area contributed by atoms with Gasteiger partial charge in [-0.3, -0.25) is 4.40 Å². The number of halogens is 1. The molecule has 0 radical (unpaired) electrons. The van der Waals surface area contributed by atoms with Crippen LogP contribution >= 0.6 is 22.6 Å². The number of aromatic nitrogens is 10. The van der Waals surface area contributed by atoms with Gasteiger partial charge in [0.1, 0.15) is 15.0 Å². The van der Waals surface area contributed by atoms with Gasteiger partial charge in [0.25, 0.3) is 0 Å². The Bertz CT molecular complexity index is 1570. The maximum Gasteiger partial charge on any atom is 0.182 e.